The molecule has 224 valence electrons. The largest absolute Gasteiger partial charge is 0.508 e. The van der Waals surface area contributed by atoms with Crippen LogP contribution in [-0.2, 0) is 25.7 Å². The molecule has 0 radical (unpaired) electrons. The van der Waals surface area contributed by atoms with Gasteiger partial charge in [0.05, 0.1) is 19.7 Å². The second-order valence-electron chi connectivity index (χ2n) is 10.2. The number of nitro groups is 4. The third-order valence-electron chi connectivity index (χ3n) is 7.35. The van der Waals surface area contributed by atoms with Gasteiger partial charge in [0.1, 0.15) is 23.0 Å². The number of fused-ring (bicyclic) bond motifs is 8. The number of hydrogen-bond donors (Lipinski definition) is 4. The van der Waals surface area contributed by atoms with E-state index in [9.17, 15) is 60.9 Å². The maximum atomic E-state index is 12.3. The molecule has 5 rings (SSSR count). The number of aromatic hydroxyl groups is 4. The van der Waals surface area contributed by atoms with Gasteiger partial charge in [0.2, 0.25) is 0 Å². The molecule has 0 saturated carbocycles. The third kappa shape index (κ3) is 5.34. The molecule has 1 aliphatic rings. The van der Waals surface area contributed by atoms with Crippen LogP contribution in [0.1, 0.15) is 44.5 Å². The molecule has 0 saturated heterocycles. The van der Waals surface area contributed by atoms with Crippen molar-refractivity contribution in [1.82, 2.24) is 0 Å². The van der Waals surface area contributed by atoms with Crippen molar-refractivity contribution < 1.29 is 40.1 Å². The van der Waals surface area contributed by atoms with E-state index in [1.165, 1.54) is 0 Å². The summed E-state index contributed by atoms with van der Waals surface area (Å²) in [6, 6.07) is 7.97. The summed E-state index contributed by atoms with van der Waals surface area (Å²) in [5.41, 5.74) is -3.36. The van der Waals surface area contributed by atoms with Crippen LogP contribution < -0.4 is 0 Å². The van der Waals surface area contributed by atoms with Gasteiger partial charge in [-0.05, 0) is 12.1 Å². The van der Waals surface area contributed by atoms with Gasteiger partial charge < -0.3 is 20.4 Å². The Balaban J connectivity index is 1.88. The van der Waals surface area contributed by atoms with Gasteiger partial charge in [0, 0.05) is 107 Å². The van der Waals surface area contributed by atoms with Crippen LogP contribution in [0, 0.1) is 40.5 Å². The van der Waals surface area contributed by atoms with E-state index >= 15 is 0 Å². The van der Waals surface area contributed by atoms with E-state index in [1.54, 1.807) is 0 Å². The Morgan fingerprint density at radius 3 is 0.886 bits per heavy atom. The van der Waals surface area contributed by atoms with Gasteiger partial charge in [0.25, 0.3) is 22.7 Å². The van der Waals surface area contributed by atoms with Gasteiger partial charge in [-0.15, -0.1) is 0 Å². The highest BCUT2D eigenvalue weighted by Crippen LogP contribution is 2.41. The smallest absolute Gasteiger partial charge is 0.276 e. The zero-order chi connectivity index (χ0) is 32.0. The van der Waals surface area contributed by atoms with Crippen LogP contribution in [0.4, 0.5) is 22.7 Å². The Morgan fingerprint density at radius 2 is 0.659 bits per heavy atom. The number of nitrogens with zero attached hydrogens (tertiary/aromatic N) is 4. The summed E-state index contributed by atoms with van der Waals surface area (Å²) < 4.78 is 0. The minimum atomic E-state index is -0.778. The Kier molecular flexibility index (Phi) is 7.18. The second-order valence-corrected chi connectivity index (χ2v) is 10.2. The van der Waals surface area contributed by atoms with Crippen molar-refractivity contribution >= 4 is 22.7 Å². The Labute approximate surface area is 245 Å². The molecule has 16 nitrogen and oxygen atoms in total. The highest BCUT2D eigenvalue weighted by Gasteiger charge is 2.28. The fraction of sp³-hybridized carbons (Fsp3) is 0.143. The minimum Gasteiger partial charge on any atom is -0.508 e. The topological polar surface area (TPSA) is 253 Å². The Morgan fingerprint density at radius 1 is 0.409 bits per heavy atom. The van der Waals surface area contributed by atoms with Crippen LogP contribution in [0.5, 0.6) is 23.0 Å². The number of benzene rings is 4. The van der Waals surface area contributed by atoms with Gasteiger partial charge in [0.15, 0.2) is 0 Å². The van der Waals surface area contributed by atoms with Crippen LogP contribution in [0.3, 0.4) is 0 Å². The summed E-state index contributed by atoms with van der Waals surface area (Å²) in [7, 11) is 0. The molecule has 4 aromatic carbocycles. The van der Waals surface area contributed by atoms with Crippen LogP contribution in [0.2, 0.25) is 0 Å². The van der Waals surface area contributed by atoms with E-state index in [2.05, 4.69) is 0 Å². The molecule has 8 bridgehead atoms. The maximum absolute atomic E-state index is 12.3. The van der Waals surface area contributed by atoms with Gasteiger partial charge >= 0.3 is 0 Å². The number of hydrogen-bond acceptors (Lipinski definition) is 12. The quantitative estimate of drug-likeness (QED) is 0.159. The molecule has 0 aliphatic heterocycles. The first-order chi connectivity index (χ1) is 20.7. The Bertz CT molecular complexity index is 1820. The normalized spacial score (nSPS) is 12.4. The molecule has 1 aliphatic carbocycles. The van der Waals surface area contributed by atoms with Crippen molar-refractivity contribution in [3.8, 4) is 23.0 Å². The summed E-state index contributed by atoms with van der Waals surface area (Å²) >= 11 is 0. The number of non-ortho nitro benzene ring substituents is 3. The second kappa shape index (κ2) is 10.8. The van der Waals surface area contributed by atoms with Crippen molar-refractivity contribution in [1.29, 1.82) is 0 Å². The standard InChI is InChI=1S/C28H20N4O12/c33-24-11-13-1-15-5-21(29(37)38)7-17(26(15)34)3-19-9-23(31(41)42)10-20(28(19)36)4-18-8-22(30(39)40)6-16(27(18)35)2-14(12-24)25(13)32(43)44/h5-12,33-36H,1-4H2. The first-order valence-electron chi connectivity index (χ1n) is 12.7. The molecular weight excluding hydrogens is 584 g/mol. The lowest BCUT2D eigenvalue weighted by Gasteiger charge is -2.16. The molecule has 0 spiro atoms. The highest BCUT2D eigenvalue weighted by molar-refractivity contribution is 5.62. The van der Waals surface area contributed by atoms with Crippen LogP contribution in [0.15, 0.2) is 48.5 Å². The SMILES string of the molecule is O=[N+]([O-])c1cc2c(O)c(c1)Cc1cc([N+](=O)[O-])cc(c1O)Cc1cc(O)cc(c1[N+](=O)[O-])Cc1cc([N+](=O)[O-])cc(c1O)C2. The van der Waals surface area contributed by atoms with E-state index in [0.717, 1.165) is 48.5 Å². The van der Waals surface area contributed by atoms with Crippen molar-refractivity contribution in [2.45, 2.75) is 25.7 Å². The summed E-state index contributed by atoms with van der Waals surface area (Å²) in [6.45, 7) is 0. The van der Waals surface area contributed by atoms with Gasteiger partial charge in [-0.1, -0.05) is 0 Å². The summed E-state index contributed by atoms with van der Waals surface area (Å²) in [6.07, 6.45) is -1.95. The molecule has 0 atom stereocenters. The molecule has 4 aromatic rings. The van der Waals surface area contributed by atoms with Gasteiger partial charge in [-0.25, -0.2) is 0 Å². The van der Waals surface area contributed by atoms with Crippen molar-refractivity contribution in [2.75, 3.05) is 0 Å². The zero-order valence-electron chi connectivity index (χ0n) is 22.3. The van der Waals surface area contributed by atoms with E-state index < -0.39 is 91.1 Å². The first-order valence-corrected chi connectivity index (χ1v) is 12.7. The average Bonchev–Trinajstić information content (AvgIpc) is 2.93. The summed E-state index contributed by atoms with van der Waals surface area (Å²) in [5, 5.41) is 91.5. The summed E-state index contributed by atoms with van der Waals surface area (Å²) in [4.78, 5) is 44.5. The highest BCUT2D eigenvalue weighted by atomic mass is 16.6. The van der Waals surface area contributed by atoms with Gasteiger partial charge in [-0.3, -0.25) is 40.5 Å². The van der Waals surface area contributed by atoms with E-state index in [1.807, 2.05) is 0 Å². The molecule has 4 N–H and O–H groups in total. The van der Waals surface area contributed by atoms with Crippen LogP contribution >= 0.6 is 0 Å². The zero-order valence-corrected chi connectivity index (χ0v) is 22.3. The number of phenols is 4. The molecular formula is C28H20N4O12. The maximum Gasteiger partial charge on any atom is 0.276 e. The molecule has 44 heavy (non-hydrogen) atoms. The van der Waals surface area contributed by atoms with Crippen LogP contribution in [0.25, 0.3) is 0 Å². The van der Waals surface area contributed by atoms with Crippen molar-refractivity contribution in [2.24, 2.45) is 0 Å². The Hall–Kier alpha value is -6.32. The number of rotatable bonds is 4. The fourth-order valence-electron chi connectivity index (χ4n) is 5.42. The van der Waals surface area contributed by atoms with Crippen LogP contribution in [-0.4, -0.2) is 40.1 Å². The van der Waals surface area contributed by atoms with Crippen molar-refractivity contribution in [3.63, 3.8) is 0 Å². The minimum absolute atomic E-state index is 0.140. The lowest BCUT2D eigenvalue weighted by molar-refractivity contribution is -0.386. The lowest BCUT2D eigenvalue weighted by Crippen LogP contribution is -2.06. The van der Waals surface area contributed by atoms with Gasteiger partial charge in [-0.2, -0.15) is 0 Å². The molecule has 0 unspecified atom stereocenters. The molecule has 0 amide bonds. The number of nitro benzene ring substituents is 4. The van der Waals surface area contributed by atoms with E-state index in [0.29, 0.717) is 0 Å². The molecule has 0 aromatic heterocycles. The molecule has 16 heteroatoms. The van der Waals surface area contributed by atoms with E-state index in [4.69, 9.17) is 0 Å². The lowest BCUT2D eigenvalue weighted by atomic mass is 9.90. The predicted octanol–water partition coefficient (Wildman–Crippen LogP) is 4.82. The third-order valence-corrected chi connectivity index (χ3v) is 7.35. The first kappa shape index (κ1) is 29.2. The average molecular weight is 604 g/mol. The number of phenolic OH excluding ortho intramolecular Hbond substituents is 4. The molecule has 0 heterocycles. The fourth-order valence-corrected chi connectivity index (χ4v) is 5.42. The monoisotopic (exact) mass is 604 g/mol. The van der Waals surface area contributed by atoms with Crippen molar-refractivity contribution in [3.05, 3.63) is 133 Å². The van der Waals surface area contributed by atoms with E-state index in [-0.39, 0.29) is 44.5 Å². The predicted molar refractivity (Wildman–Crippen MR) is 150 cm³/mol. The summed E-state index contributed by atoms with van der Waals surface area (Å²) in [5.74, 6) is -2.04. The molecule has 0 fully saturated rings.